The highest BCUT2D eigenvalue weighted by atomic mass is 15.9. The lowest BCUT2D eigenvalue weighted by atomic mass is 10.6. The molecule has 0 aromatic carbocycles. The molecule has 1 aliphatic rings. The fraction of sp³-hybridized carbons (Fsp3) is 0.333. The summed E-state index contributed by atoms with van der Waals surface area (Å²) in [5.41, 5.74) is 2.61. The third-order valence-electron chi connectivity index (χ3n) is 0.812. The van der Waals surface area contributed by atoms with Crippen LogP contribution < -0.4 is 17.2 Å². The van der Waals surface area contributed by atoms with Gasteiger partial charge in [0.1, 0.15) is 0 Å². The molecular weight excluding hydrogens is 106 g/mol. The van der Waals surface area contributed by atoms with Crippen molar-refractivity contribution in [3.8, 4) is 0 Å². The van der Waals surface area contributed by atoms with Crippen molar-refractivity contribution in [1.82, 2.24) is 15.8 Å². The van der Waals surface area contributed by atoms with Crippen LogP contribution >= 0.6 is 0 Å². The second-order valence-corrected chi connectivity index (χ2v) is 1.54. The van der Waals surface area contributed by atoms with Gasteiger partial charge in [0.2, 0.25) is 0 Å². The molecule has 0 saturated heterocycles. The van der Waals surface area contributed by atoms with Gasteiger partial charge in [0.05, 0.1) is 6.54 Å². The lowest BCUT2D eigenvalue weighted by molar-refractivity contribution is 0.0546. The molecule has 46 valence electrons. The van der Waals surface area contributed by atoms with Gasteiger partial charge in [-0.1, -0.05) is 0 Å². The van der Waals surface area contributed by atoms with E-state index in [9.17, 15) is 0 Å². The quantitative estimate of drug-likeness (QED) is 0.328. The SMILES string of the molecule is NN1C=CCN(N)N1. The van der Waals surface area contributed by atoms with E-state index in [2.05, 4.69) is 5.53 Å². The Bertz CT molecular complexity index is 99.8. The van der Waals surface area contributed by atoms with Crippen molar-refractivity contribution >= 4 is 0 Å². The van der Waals surface area contributed by atoms with Crippen LogP contribution in [0.2, 0.25) is 0 Å². The summed E-state index contributed by atoms with van der Waals surface area (Å²) in [6.45, 7) is 0.674. The standard InChI is InChI=1S/C3H9N5/c4-7-2-1-3-8(5)6-7/h1-2,6H,3-5H2. The van der Waals surface area contributed by atoms with Crippen LogP contribution in [0.15, 0.2) is 12.3 Å². The number of hydrogen-bond donors (Lipinski definition) is 3. The van der Waals surface area contributed by atoms with Crippen LogP contribution in [0.4, 0.5) is 0 Å². The van der Waals surface area contributed by atoms with E-state index in [4.69, 9.17) is 11.7 Å². The van der Waals surface area contributed by atoms with Gasteiger partial charge in [-0.25, -0.2) is 11.0 Å². The van der Waals surface area contributed by atoms with E-state index in [0.717, 1.165) is 0 Å². The molecule has 5 nitrogen and oxygen atoms in total. The molecule has 0 atom stereocenters. The van der Waals surface area contributed by atoms with Gasteiger partial charge in [-0.2, -0.15) is 5.12 Å². The molecule has 0 aromatic rings. The largest absolute Gasteiger partial charge is 0.253 e. The van der Waals surface area contributed by atoms with Crippen molar-refractivity contribution < 1.29 is 0 Å². The number of hydrazine groups is 4. The van der Waals surface area contributed by atoms with Crippen LogP contribution in [0.3, 0.4) is 0 Å². The Morgan fingerprint density at radius 1 is 1.50 bits per heavy atom. The van der Waals surface area contributed by atoms with Crippen LogP contribution in [0.5, 0.6) is 0 Å². The highest BCUT2D eigenvalue weighted by Gasteiger charge is 2.00. The Morgan fingerprint density at radius 2 is 2.25 bits per heavy atom. The summed E-state index contributed by atoms with van der Waals surface area (Å²) in [5, 5.41) is 2.66. The summed E-state index contributed by atoms with van der Waals surface area (Å²) in [6, 6.07) is 0. The van der Waals surface area contributed by atoms with E-state index in [-0.39, 0.29) is 0 Å². The maximum atomic E-state index is 5.27. The molecular formula is C3H9N5. The van der Waals surface area contributed by atoms with E-state index in [1.807, 2.05) is 6.08 Å². The number of nitrogens with one attached hydrogen (secondary N) is 1. The van der Waals surface area contributed by atoms with E-state index in [1.54, 1.807) is 6.20 Å². The molecule has 0 aliphatic carbocycles. The normalized spacial score (nSPS) is 22.0. The van der Waals surface area contributed by atoms with Gasteiger partial charge in [-0.3, -0.25) is 5.84 Å². The summed E-state index contributed by atoms with van der Waals surface area (Å²) in [6.07, 6.45) is 3.54. The highest BCUT2D eigenvalue weighted by molar-refractivity contribution is 4.82. The van der Waals surface area contributed by atoms with Crippen LogP contribution in [0, 0.1) is 0 Å². The summed E-state index contributed by atoms with van der Waals surface area (Å²) in [7, 11) is 0. The fourth-order valence-corrected chi connectivity index (χ4v) is 0.497. The molecule has 0 unspecified atom stereocenters. The number of nitrogens with two attached hydrogens (primary N) is 2. The van der Waals surface area contributed by atoms with E-state index >= 15 is 0 Å². The predicted molar refractivity (Wildman–Crippen MR) is 29.2 cm³/mol. The van der Waals surface area contributed by atoms with Gasteiger partial charge in [0, 0.05) is 6.20 Å². The predicted octanol–water partition coefficient (Wildman–Crippen LogP) is -1.72. The van der Waals surface area contributed by atoms with Gasteiger partial charge in [-0.15, -0.1) is 5.53 Å². The first-order valence-corrected chi connectivity index (χ1v) is 2.28. The molecule has 5 N–H and O–H groups in total. The van der Waals surface area contributed by atoms with Crippen LogP contribution in [-0.2, 0) is 0 Å². The fourth-order valence-electron chi connectivity index (χ4n) is 0.497. The van der Waals surface area contributed by atoms with Crippen molar-refractivity contribution in [2.45, 2.75) is 0 Å². The third kappa shape index (κ3) is 1.17. The summed E-state index contributed by atoms with van der Waals surface area (Å²) < 4.78 is 0. The summed E-state index contributed by atoms with van der Waals surface area (Å²) in [4.78, 5) is 0. The van der Waals surface area contributed by atoms with E-state index in [0.29, 0.717) is 6.54 Å². The molecule has 0 fully saturated rings. The molecule has 0 bridgehead atoms. The molecule has 5 heteroatoms. The molecule has 0 aromatic heterocycles. The van der Waals surface area contributed by atoms with Crippen molar-refractivity contribution in [1.29, 1.82) is 0 Å². The lowest BCUT2D eigenvalue weighted by Crippen LogP contribution is -2.56. The van der Waals surface area contributed by atoms with Crippen molar-refractivity contribution in [2.75, 3.05) is 6.54 Å². The van der Waals surface area contributed by atoms with E-state index in [1.165, 1.54) is 10.2 Å². The first-order valence-electron chi connectivity index (χ1n) is 2.28. The molecule has 0 spiro atoms. The maximum Gasteiger partial charge on any atom is 0.0503 e. The van der Waals surface area contributed by atoms with Gasteiger partial charge in [0.15, 0.2) is 0 Å². The summed E-state index contributed by atoms with van der Waals surface area (Å²) >= 11 is 0. The van der Waals surface area contributed by atoms with Crippen molar-refractivity contribution in [3.63, 3.8) is 0 Å². The van der Waals surface area contributed by atoms with Crippen LogP contribution in [0.1, 0.15) is 0 Å². The number of nitrogens with zero attached hydrogens (tertiary/aromatic N) is 2. The average Bonchev–Trinajstić information content (AvgIpc) is 1.64. The average molecular weight is 115 g/mol. The Kier molecular flexibility index (Phi) is 1.45. The number of rotatable bonds is 0. The van der Waals surface area contributed by atoms with Crippen molar-refractivity contribution in [2.24, 2.45) is 11.7 Å². The highest BCUT2D eigenvalue weighted by Crippen LogP contribution is 1.84. The monoisotopic (exact) mass is 115 g/mol. The zero-order chi connectivity index (χ0) is 5.98. The van der Waals surface area contributed by atoms with Crippen LogP contribution in [0.25, 0.3) is 0 Å². The van der Waals surface area contributed by atoms with Gasteiger partial charge in [0.25, 0.3) is 0 Å². The van der Waals surface area contributed by atoms with Gasteiger partial charge >= 0.3 is 0 Å². The summed E-state index contributed by atoms with van der Waals surface area (Å²) in [5.74, 6) is 10.5. The smallest absolute Gasteiger partial charge is 0.0503 e. The molecule has 0 radical (unpaired) electrons. The van der Waals surface area contributed by atoms with Gasteiger partial charge in [-0.05, 0) is 6.08 Å². The second-order valence-electron chi connectivity index (χ2n) is 1.54. The second kappa shape index (κ2) is 2.10. The van der Waals surface area contributed by atoms with Crippen molar-refractivity contribution in [3.05, 3.63) is 12.3 Å². The zero-order valence-electron chi connectivity index (χ0n) is 4.41. The minimum absolute atomic E-state index is 0.674. The Hall–Kier alpha value is -0.620. The Morgan fingerprint density at radius 3 is 2.62 bits per heavy atom. The molecule has 0 saturated carbocycles. The zero-order valence-corrected chi connectivity index (χ0v) is 4.41. The molecule has 8 heavy (non-hydrogen) atoms. The Labute approximate surface area is 47.4 Å². The molecule has 1 heterocycles. The first kappa shape index (κ1) is 5.52. The van der Waals surface area contributed by atoms with Crippen LogP contribution in [-0.4, -0.2) is 16.8 Å². The molecule has 1 aliphatic heterocycles. The minimum Gasteiger partial charge on any atom is -0.253 e. The van der Waals surface area contributed by atoms with Gasteiger partial charge < -0.3 is 0 Å². The topological polar surface area (TPSA) is 70.5 Å². The number of hydrogen-bond acceptors (Lipinski definition) is 5. The Balaban J connectivity index is 2.42. The minimum atomic E-state index is 0.674. The van der Waals surface area contributed by atoms with E-state index < -0.39 is 0 Å². The molecule has 0 amide bonds. The lowest BCUT2D eigenvalue weighted by Gasteiger charge is -2.25. The third-order valence-corrected chi connectivity index (χ3v) is 0.812. The first-order chi connectivity index (χ1) is 3.79. The maximum absolute atomic E-state index is 5.27. The molecule has 1 rings (SSSR count).